The van der Waals surface area contributed by atoms with Gasteiger partial charge >= 0.3 is 5.97 Å². The van der Waals surface area contributed by atoms with Crippen molar-refractivity contribution in [1.82, 2.24) is 4.57 Å². The van der Waals surface area contributed by atoms with Crippen LogP contribution in [0.5, 0.6) is 0 Å². The van der Waals surface area contributed by atoms with Crippen LogP contribution >= 0.6 is 0 Å². The molecule has 1 aromatic carbocycles. The van der Waals surface area contributed by atoms with Crippen LogP contribution < -0.4 is 0 Å². The van der Waals surface area contributed by atoms with Crippen LogP contribution in [0.1, 0.15) is 30.7 Å². The van der Waals surface area contributed by atoms with E-state index in [1.54, 1.807) is 0 Å². The number of nitrogens with zero attached hydrogens (tertiary/aromatic N) is 1. The number of aromatic nitrogens is 1. The van der Waals surface area contributed by atoms with E-state index in [0.29, 0.717) is 5.92 Å². The van der Waals surface area contributed by atoms with Crippen molar-refractivity contribution in [3.8, 4) is 0 Å². The summed E-state index contributed by atoms with van der Waals surface area (Å²) >= 11 is 0. The first-order chi connectivity index (χ1) is 8.65. The number of aryl methyl sites for hydroxylation is 1. The monoisotopic (exact) mass is 243 g/mol. The van der Waals surface area contributed by atoms with Crippen LogP contribution in [0.3, 0.4) is 0 Å². The molecule has 0 spiro atoms. The largest absolute Gasteiger partial charge is 0.481 e. The number of rotatable bonds is 4. The average molecular weight is 243 g/mol. The summed E-state index contributed by atoms with van der Waals surface area (Å²) < 4.78 is 2.09. The predicted octanol–water partition coefficient (Wildman–Crippen LogP) is 3.15. The number of hydrogen-bond donors (Lipinski definition) is 1. The highest BCUT2D eigenvalue weighted by Crippen LogP contribution is 2.44. The fourth-order valence-corrected chi connectivity index (χ4v) is 2.77. The zero-order valence-corrected chi connectivity index (χ0v) is 10.5. The normalized spacial score (nSPS) is 16.9. The molecule has 1 aliphatic carbocycles. The lowest BCUT2D eigenvalue weighted by atomic mass is 9.90. The number of carbonyl (C=O) groups is 1. The number of carboxylic acid groups (broad SMARTS) is 1. The van der Waals surface area contributed by atoms with Gasteiger partial charge in [-0.15, -0.1) is 0 Å². The van der Waals surface area contributed by atoms with E-state index in [2.05, 4.69) is 28.8 Å². The Hall–Kier alpha value is -1.77. The minimum absolute atomic E-state index is 0.187. The topological polar surface area (TPSA) is 42.2 Å². The first-order valence-corrected chi connectivity index (χ1v) is 6.42. The summed E-state index contributed by atoms with van der Waals surface area (Å²) in [6.45, 7) is 0. The molecule has 1 unspecified atom stereocenters. The van der Waals surface area contributed by atoms with Crippen LogP contribution in [-0.2, 0) is 11.8 Å². The van der Waals surface area contributed by atoms with Gasteiger partial charge in [0.1, 0.15) is 0 Å². The van der Waals surface area contributed by atoms with Gasteiger partial charge in [-0.1, -0.05) is 6.07 Å². The number of benzene rings is 1. The molecule has 3 nitrogen and oxygen atoms in total. The Morgan fingerprint density at radius 2 is 2.22 bits per heavy atom. The highest BCUT2D eigenvalue weighted by molar-refractivity contribution is 5.81. The summed E-state index contributed by atoms with van der Waals surface area (Å²) in [7, 11) is 2.03. The number of carboxylic acids is 1. The molecule has 0 bridgehead atoms. The van der Waals surface area contributed by atoms with Crippen molar-refractivity contribution in [2.75, 3.05) is 0 Å². The van der Waals surface area contributed by atoms with Crippen LogP contribution in [0.25, 0.3) is 10.9 Å². The molecular weight excluding hydrogens is 226 g/mol. The molecule has 18 heavy (non-hydrogen) atoms. The highest BCUT2D eigenvalue weighted by atomic mass is 16.4. The van der Waals surface area contributed by atoms with E-state index in [1.165, 1.54) is 29.3 Å². The lowest BCUT2D eigenvalue weighted by Gasteiger charge is -2.14. The fraction of sp³-hybridized carbons (Fsp3) is 0.400. The van der Waals surface area contributed by atoms with Crippen LogP contribution in [0.15, 0.2) is 30.5 Å². The molecule has 1 N–H and O–H groups in total. The molecular formula is C15H17NO2. The quantitative estimate of drug-likeness (QED) is 0.896. The van der Waals surface area contributed by atoms with E-state index in [9.17, 15) is 4.79 Å². The zero-order chi connectivity index (χ0) is 12.7. The summed E-state index contributed by atoms with van der Waals surface area (Å²) in [5.74, 6) is 0.0643. The first-order valence-electron chi connectivity index (χ1n) is 6.42. The van der Waals surface area contributed by atoms with Crippen molar-refractivity contribution in [1.29, 1.82) is 0 Å². The van der Waals surface area contributed by atoms with Gasteiger partial charge in [-0.25, -0.2) is 0 Å². The highest BCUT2D eigenvalue weighted by Gasteiger charge is 2.33. The number of hydrogen-bond acceptors (Lipinski definition) is 1. The molecule has 1 atom stereocenters. The lowest BCUT2D eigenvalue weighted by Crippen LogP contribution is -2.08. The second kappa shape index (κ2) is 4.16. The molecule has 1 aliphatic rings. The number of aliphatic carboxylic acids is 1. The zero-order valence-electron chi connectivity index (χ0n) is 10.5. The van der Waals surface area contributed by atoms with E-state index in [4.69, 9.17) is 5.11 Å². The van der Waals surface area contributed by atoms with Crippen molar-refractivity contribution >= 4 is 16.9 Å². The first kappa shape index (κ1) is 11.3. The third-order valence-corrected chi connectivity index (χ3v) is 3.92. The summed E-state index contributed by atoms with van der Waals surface area (Å²) in [6.07, 6.45) is 4.64. The molecule has 1 heterocycles. The average Bonchev–Trinajstić information content (AvgIpc) is 3.11. The standard InChI is InChI=1S/C15H17NO2/c1-16-7-6-12-8-11(4-5-14(12)16)13(9-15(17)18)10-2-3-10/h4-8,10,13H,2-3,9H2,1H3,(H,17,18). The third-order valence-electron chi connectivity index (χ3n) is 3.92. The smallest absolute Gasteiger partial charge is 0.303 e. The van der Waals surface area contributed by atoms with Crippen LogP contribution in [-0.4, -0.2) is 15.6 Å². The molecule has 2 aromatic rings. The minimum atomic E-state index is -0.694. The van der Waals surface area contributed by atoms with Crippen LogP contribution in [0.2, 0.25) is 0 Å². The maximum Gasteiger partial charge on any atom is 0.303 e. The Labute approximate surface area is 106 Å². The van der Waals surface area contributed by atoms with Gasteiger partial charge in [0.25, 0.3) is 0 Å². The molecule has 3 heteroatoms. The molecule has 3 rings (SSSR count). The Bertz CT molecular complexity index is 596. The number of fused-ring (bicyclic) bond motifs is 1. The van der Waals surface area contributed by atoms with Crippen molar-refractivity contribution in [2.45, 2.75) is 25.2 Å². The third kappa shape index (κ3) is 2.01. The summed E-state index contributed by atoms with van der Waals surface area (Å²) in [6, 6.07) is 8.43. The Balaban J connectivity index is 1.98. The summed E-state index contributed by atoms with van der Waals surface area (Å²) in [5.41, 5.74) is 2.38. The molecule has 1 aromatic heterocycles. The Kier molecular flexibility index (Phi) is 2.62. The molecule has 94 valence electrons. The molecule has 0 aliphatic heterocycles. The van der Waals surface area contributed by atoms with Crippen molar-refractivity contribution in [2.24, 2.45) is 13.0 Å². The molecule has 0 amide bonds. The van der Waals surface area contributed by atoms with Gasteiger partial charge in [0, 0.05) is 18.8 Å². The Morgan fingerprint density at radius 1 is 1.44 bits per heavy atom. The second-order valence-electron chi connectivity index (χ2n) is 5.29. The fourth-order valence-electron chi connectivity index (χ4n) is 2.77. The van der Waals surface area contributed by atoms with E-state index >= 15 is 0 Å². The van der Waals surface area contributed by atoms with E-state index in [-0.39, 0.29) is 12.3 Å². The van der Waals surface area contributed by atoms with Crippen molar-refractivity contribution in [3.05, 3.63) is 36.0 Å². The van der Waals surface area contributed by atoms with Gasteiger partial charge in [-0.2, -0.15) is 0 Å². The van der Waals surface area contributed by atoms with Gasteiger partial charge < -0.3 is 9.67 Å². The SMILES string of the molecule is Cn1ccc2cc(C(CC(=O)O)C3CC3)ccc21. The summed E-state index contributed by atoms with van der Waals surface area (Å²) in [4.78, 5) is 11.0. The van der Waals surface area contributed by atoms with Crippen LogP contribution in [0.4, 0.5) is 0 Å². The molecule has 1 fully saturated rings. The Morgan fingerprint density at radius 3 is 2.89 bits per heavy atom. The second-order valence-corrected chi connectivity index (χ2v) is 5.29. The van der Waals surface area contributed by atoms with Crippen molar-refractivity contribution in [3.63, 3.8) is 0 Å². The van der Waals surface area contributed by atoms with Gasteiger partial charge in [0.15, 0.2) is 0 Å². The van der Waals surface area contributed by atoms with Gasteiger partial charge in [0.2, 0.25) is 0 Å². The van der Waals surface area contributed by atoms with E-state index in [1.807, 2.05) is 13.2 Å². The molecule has 1 saturated carbocycles. The minimum Gasteiger partial charge on any atom is -0.481 e. The maximum absolute atomic E-state index is 11.0. The van der Waals surface area contributed by atoms with E-state index in [0.717, 1.165) is 0 Å². The molecule has 0 radical (unpaired) electrons. The van der Waals surface area contributed by atoms with Gasteiger partial charge in [-0.3, -0.25) is 4.79 Å². The maximum atomic E-state index is 11.0. The molecule has 0 saturated heterocycles. The van der Waals surface area contributed by atoms with E-state index < -0.39 is 5.97 Å². The lowest BCUT2D eigenvalue weighted by molar-refractivity contribution is -0.137. The van der Waals surface area contributed by atoms with Crippen molar-refractivity contribution < 1.29 is 9.90 Å². The summed E-state index contributed by atoms with van der Waals surface area (Å²) in [5, 5.41) is 10.2. The van der Waals surface area contributed by atoms with Gasteiger partial charge in [0.05, 0.1) is 6.42 Å². The predicted molar refractivity (Wildman–Crippen MR) is 70.6 cm³/mol. The van der Waals surface area contributed by atoms with Gasteiger partial charge in [-0.05, 0) is 53.8 Å². The van der Waals surface area contributed by atoms with Crippen LogP contribution in [0, 0.1) is 5.92 Å².